The second-order valence-corrected chi connectivity index (χ2v) is 10.0. The van der Waals surface area contributed by atoms with Gasteiger partial charge in [0, 0.05) is 40.4 Å². The zero-order valence-corrected chi connectivity index (χ0v) is 23.1. The van der Waals surface area contributed by atoms with Gasteiger partial charge in [-0.15, -0.1) is 0 Å². The van der Waals surface area contributed by atoms with Crippen LogP contribution in [0.3, 0.4) is 0 Å². The van der Waals surface area contributed by atoms with Gasteiger partial charge in [0.25, 0.3) is 0 Å². The second-order valence-electron chi connectivity index (χ2n) is 10.0. The van der Waals surface area contributed by atoms with Gasteiger partial charge in [0.2, 0.25) is 11.9 Å². The number of ether oxygens (including phenoxy) is 3. The van der Waals surface area contributed by atoms with Crippen LogP contribution >= 0.6 is 0 Å². The van der Waals surface area contributed by atoms with Crippen LogP contribution in [0.15, 0.2) is 4.99 Å². The second kappa shape index (κ2) is 16.4. The van der Waals surface area contributed by atoms with Crippen molar-refractivity contribution in [3.05, 3.63) is 0 Å². The molecule has 0 aromatic rings. The molecule has 11 nitrogen and oxygen atoms in total. The first kappa shape index (κ1) is 30.8. The van der Waals surface area contributed by atoms with E-state index in [0.29, 0.717) is 51.5 Å². The van der Waals surface area contributed by atoms with E-state index in [1.54, 1.807) is 21.1 Å². The molecule has 1 unspecified atom stereocenters. The molecular weight excluding hydrogens is 476 g/mol. The van der Waals surface area contributed by atoms with Crippen LogP contribution in [0.4, 0.5) is 4.79 Å². The van der Waals surface area contributed by atoms with Gasteiger partial charge in [-0.1, -0.05) is 32.1 Å². The number of piperidine rings is 1. The molecule has 1 heterocycles. The van der Waals surface area contributed by atoms with Crippen molar-refractivity contribution in [3.8, 4) is 6.07 Å². The van der Waals surface area contributed by atoms with Crippen LogP contribution in [0, 0.1) is 17.2 Å². The van der Waals surface area contributed by atoms with Crippen molar-refractivity contribution in [2.45, 2.75) is 69.9 Å². The minimum atomic E-state index is -0.912. The molecule has 0 aromatic carbocycles. The molecule has 1 aliphatic carbocycles. The Bertz CT molecular complexity index is 764. The summed E-state index contributed by atoms with van der Waals surface area (Å²) in [6.45, 7) is 5.10. The maximum Gasteiger partial charge on any atom is 0.413 e. The van der Waals surface area contributed by atoms with E-state index < -0.39 is 17.7 Å². The number of nitrogens with one attached hydrogen (secondary N) is 2. The fourth-order valence-corrected chi connectivity index (χ4v) is 4.87. The van der Waals surface area contributed by atoms with Gasteiger partial charge < -0.3 is 29.3 Å². The number of nitrogens with zero attached hydrogens (tertiary/aromatic N) is 4. The lowest BCUT2D eigenvalue weighted by Gasteiger charge is -2.37. The molecule has 2 aliphatic rings. The zero-order chi connectivity index (χ0) is 27.1. The first-order valence-corrected chi connectivity index (χ1v) is 13.5. The van der Waals surface area contributed by atoms with Gasteiger partial charge in [0.1, 0.15) is 11.6 Å². The molecule has 11 heteroatoms. The Balaban J connectivity index is 2.37. The third-order valence-corrected chi connectivity index (χ3v) is 7.20. The smallest absolute Gasteiger partial charge is 0.413 e. The normalized spacial score (nSPS) is 19.5. The number of hydrogen-bond donors (Lipinski definition) is 2. The highest BCUT2D eigenvalue weighted by Gasteiger charge is 2.38. The summed E-state index contributed by atoms with van der Waals surface area (Å²) in [6.07, 6.45) is 6.62. The zero-order valence-electron chi connectivity index (χ0n) is 23.1. The first-order valence-electron chi connectivity index (χ1n) is 13.5. The predicted molar refractivity (Wildman–Crippen MR) is 141 cm³/mol. The maximum atomic E-state index is 13.7. The highest BCUT2D eigenvalue weighted by Crippen LogP contribution is 2.29. The lowest BCUT2D eigenvalue weighted by molar-refractivity contribution is -0.124. The third-order valence-electron chi connectivity index (χ3n) is 7.20. The van der Waals surface area contributed by atoms with Crippen molar-refractivity contribution >= 4 is 18.0 Å². The van der Waals surface area contributed by atoms with E-state index in [0.717, 1.165) is 38.8 Å². The van der Waals surface area contributed by atoms with Crippen LogP contribution in [0.5, 0.6) is 0 Å². The van der Waals surface area contributed by atoms with Gasteiger partial charge in [-0.25, -0.2) is 9.79 Å². The Morgan fingerprint density at radius 2 is 1.76 bits per heavy atom. The number of alkyl carbamates (subject to hydrolysis) is 1. The summed E-state index contributed by atoms with van der Waals surface area (Å²) in [6, 6.07) is 1.62. The molecule has 210 valence electrons. The third kappa shape index (κ3) is 10.5. The fraction of sp³-hybridized carbons (Fsp3) is 0.846. The minimum absolute atomic E-state index is 0.209. The Morgan fingerprint density at radius 3 is 2.30 bits per heavy atom. The largest absolute Gasteiger partial charge is 0.450 e. The summed E-state index contributed by atoms with van der Waals surface area (Å²) in [5.41, 5.74) is -0.912. The Labute approximate surface area is 221 Å². The Kier molecular flexibility index (Phi) is 13.7. The quantitative estimate of drug-likeness (QED) is 0.295. The SMILES string of the molecule is CCOC(=O)N/C(=N\C(CC1CCCCC1)C(=O)NC1(C#N)CCN(C)CC1)N(CCOC)CCOC. The molecule has 0 bridgehead atoms. The van der Waals surface area contributed by atoms with Crippen LogP contribution < -0.4 is 10.6 Å². The molecule has 0 radical (unpaired) electrons. The molecule has 2 rings (SSSR count). The minimum Gasteiger partial charge on any atom is -0.450 e. The molecule has 37 heavy (non-hydrogen) atoms. The van der Waals surface area contributed by atoms with E-state index >= 15 is 0 Å². The molecule has 1 aliphatic heterocycles. The van der Waals surface area contributed by atoms with Gasteiger partial charge in [0.15, 0.2) is 0 Å². The van der Waals surface area contributed by atoms with Crippen LogP contribution in [0.1, 0.15) is 58.3 Å². The predicted octanol–water partition coefficient (Wildman–Crippen LogP) is 2.13. The molecule has 2 amide bonds. The Hall–Kier alpha value is -2.42. The van der Waals surface area contributed by atoms with Crippen LogP contribution in [0.2, 0.25) is 0 Å². The van der Waals surface area contributed by atoms with Crippen molar-refractivity contribution < 1.29 is 23.8 Å². The highest BCUT2D eigenvalue weighted by atomic mass is 16.5. The van der Waals surface area contributed by atoms with Crippen LogP contribution in [-0.4, -0.2) is 107 Å². The van der Waals surface area contributed by atoms with Crippen molar-refractivity contribution in [2.75, 3.05) is 67.3 Å². The molecule has 2 N–H and O–H groups in total. The van der Waals surface area contributed by atoms with Crippen molar-refractivity contribution in [3.63, 3.8) is 0 Å². The monoisotopic (exact) mass is 522 g/mol. The topological polar surface area (TPSA) is 129 Å². The number of rotatable bonds is 12. The number of amides is 2. The molecule has 1 saturated carbocycles. The van der Waals surface area contributed by atoms with Gasteiger partial charge in [-0.05, 0) is 39.2 Å². The molecule has 2 fully saturated rings. The van der Waals surface area contributed by atoms with Crippen molar-refractivity contribution in [1.82, 2.24) is 20.4 Å². The molecule has 0 spiro atoms. The van der Waals surface area contributed by atoms with Crippen molar-refractivity contribution in [2.24, 2.45) is 10.9 Å². The summed E-state index contributed by atoms with van der Waals surface area (Å²) >= 11 is 0. The van der Waals surface area contributed by atoms with Gasteiger partial charge in [-0.3, -0.25) is 10.1 Å². The Morgan fingerprint density at radius 1 is 1.14 bits per heavy atom. The van der Waals surface area contributed by atoms with Crippen molar-refractivity contribution in [1.29, 1.82) is 5.26 Å². The summed E-state index contributed by atoms with van der Waals surface area (Å²) in [5.74, 6) is 0.329. The molecular formula is C26H46N6O5. The van der Waals surface area contributed by atoms with E-state index in [9.17, 15) is 14.9 Å². The number of methoxy groups -OCH3 is 2. The number of carbonyl (C=O) groups excluding carboxylic acids is 2. The fourth-order valence-electron chi connectivity index (χ4n) is 4.87. The average molecular weight is 523 g/mol. The number of aliphatic imine (C=N–C) groups is 1. The average Bonchev–Trinajstić information content (AvgIpc) is 2.90. The first-order chi connectivity index (χ1) is 17.9. The highest BCUT2D eigenvalue weighted by molar-refractivity contribution is 5.96. The lowest BCUT2D eigenvalue weighted by Crippen LogP contribution is -2.56. The lowest BCUT2D eigenvalue weighted by atomic mass is 9.84. The summed E-state index contributed by atoms with van der Waals surface area (Å²) in [5, 5.41) is 15.8. The van der Waals surface area contributed by atoms with Crippen LogP contribution in [0.25, 0.3) is 0 Å². The van der Waals surface area contributed by atoms with Gasteiger partial charge in [-0.2, -0.15) is 5.26 Å². The number of carbonyl (C=O) groups is 2. The summed E-state index contributed by atoms with van der Waals surface area (Å²) in [4.78, 5) is 35.0. The maximum absolute atomic E-state index is 13.7. The number of hydrogen-bond acceptors (Lipinski definition) is 8. The van der Waals surface area contributed by atoms with E-state index in [-0.39, 0.29) is 18.5 Å². The number of guanidine groups is 1. The number of likely N-dealkylation sites (tertiary alicyclic amines) is 1. The number of nitriles is 1. The van der Waals surface area contributed by atoms with E-state index in [1.807, 2.05) is 11.9 Å². The molecule has 1 saturated heterocycles. The summed E-state index contributed by atoms with van der Waals surface area (Å²) < 4.78 is 15.7. The standard InChI is InChI=1S/C26H46N6O5/c1-5-37-25(34)29-24(32(15-17-35-3)16-18-36-4)28-22(19-21-9-7-6-8-10-21)23(33)30-26(20-27)11-13-31(2)14-12-26/h21-22H,5-19H2,1-4H3,(H,30,33)(H,28,29,34). The summed E-state index contributed by atoms with van der Waals surface area (Å²) in [7, 11) is 5.22. The molecule has 0 aromatic heterocycles. The molecule has 1 atom stereocenters. The van der Waals surface area contributed by atoms with Crippen LogP contribution in [-0.2, 0) is 19.0 Å². The van der Waals surface area contributed by atoms with E-state index in [2.05, 4.69) is 21.6 Å². The van der Waals surface area contributed by atoms with E-state index in [1.165, 1.54) is 6.42 Å². The van der Waals surface area contributed by atoms with Gasteiger partial charge >= 0.3 is 6.09 Å². The van der Waals surface area contributed by atoms with Gasteiger partial charge in [0.05, 0.1) is 25.9 Å². The van der Waals surface area contributed by atoms with E-state index in [4.69, 9.17) is 19.2 Å².